The van der Waals surface area contributed by atoms with Crippen molar-refractivity contribution in [1.82, 2.24) is 13.9 Å². The highest BCUT2D eigenvalue weighted by molar-refractivity contribution is 7.89. The number of anilines is 1. The Balaban J connectivity index is 1.65. The van der Waals surface area contributed by atoms with E-state index in [0.717, 1.165) is 15.6 Å². The molecule has 4 rings (SSSR count). The quantitative estimate of drug-likeness (QED) is 0.270. The largest absolute Gasteiger partial charge is 0.497 e. The Hall–Kier alpha value is -3.37. The molecule has 0 aliphatic heterocycles. The zero-order chi connectivity index (χ0) is 27.4. The summed E-state index contributed by atoms with van der Waals surface area (Å²) in [6.07, 6.45) is 1.78. The van der Waals surface area contributed by atoms with E-state index in [0.29, 0.717) is 21.5 Å². The van der Waals surface area contributed by atoms with Crippen LogP contribution in [0.15, 0.2) is 83.9 Å². The van der Waals surface area contributed by atoms with E-state index in [1.165, 1.54) is 24.3 Å². The van der Waals surface area contributed by atoms with Crippen molar-refractivity contribution in [2.45, 2.75) is 24.8 Å². The number of methoxy groups -OCH3 is 1. The Bertz CT molecular complexity index is 1520. The van der Waals surface area contributed by atoms with Crippen molar-refractivity contribution in [1.29, 1.82) is 0 Å². The highest BCUT2D eigenvalue weighted by atomic mass is 35.5. The first kappa shape index (κ1) is 27.7. The summed E-state index contributed by atoms with van der Waals surface area (Å²) < 4.78 is 34.7. The summed E-state index contributed by atoms with van der Waals surface area (Å²) in [5, 5.41) is 3.79. The second-order valence-corrected chi connectivity index (χ2v) is 11.4. The topological polar surface area (TPSA) is 93.5 Å². The Labute approximate surface area is 231 Å². The first-order valence-corrected chi connectivity index (χ1v) is 13.8. The summed E-state index contributed by atoms with van der Waals surface area (Å²) in [5.74, 6) is 0.370. The summed E-state index contributed by atoms with van der Waals surface area (Å²) in [7, 11) is -2.38. The summed E-state index contributed by atoms with van der Waals surface area (Å²) in [4.78, 5) is 17.9. The van der Waals surface area contributed by atoms with Gasteiger partial charge in [-0.25, -0.2) is 13.4 Å². The van der Waals surface area contributed by atoms with Gasteiger partial charge in [-0.2, -0.15) is 4.31 Å². The minimum atomic E-state index is -3.96. The summed E-state index contributed by atoms with van der Waals surface area (Å²) in [5.41, 5.74) is 2.12. The molecule has 38 heavy (non-hydrogen) atoms. The number of ether oxygens (including phenoxy) is 1. The molecule has 0 atom stereocenters. The van der Waals surface area contributed by atoms with Gasteiger partial charge in [-0.05, 0) is 74.5 Å². The van der Waals surface area contributed by atoms with Crippen LogP contribution < -0.4 is 10.1 Å². The third-order valence-electron chi connectivity index (χ3n) is 5.74. The molecule has 0 fully saturated rings. The van der Waals surface area contributed by atoms with Crippen LogP contribution in [-0.2, 0) is 14.8 Å². The maximum absolute atomic E-state index is 13.3. The summed E-state index contributed by atoms with van der Waals surface area (Å²) >= 11 is 12.0. The normalized spacial score (nSPS) is 11.7. The van der Waals surface area contributed by atoms with Gasteiger partial charge in [-0.1, -0.05) is 35.3 Å². The van der Waals surface area contributed by atoms with Gasteiger partial charge in [0.1, 0.15) is 5.75 Å². The number of amides is 1. The average Bonchev–Trinajstić information content (AvgIpc) is 3.31. The second kappa shape index (κ2) is 11.6. The SMILES string of the molecule is COc1ccc(-n2cc(-c3ccc(Cl)cc3)nc2NC(=O)CN(C(C)C)S(=O)(=O)c2ccc(Cl)cc2)cc1. The van der Waals surface area contributed by atoms with Crippen molar-refractivity contribution in [3.63, 3.8) is 0 Å². The van der Waals surface area contributed by atoms with Gasteiger partial charge in [0, 0.05) is 33.5 Å². The van der Waals surface area contributed by atoms with Crippen LogP contribution in [-0.4, -0.2) is 47.9 Å². The van der Waals surface area contributed by atoms with Gasteiger partial charge in [0.15, 0.2) is 0 Å². The van der Waals surface area contributed by atoms with E-state index in [9.17, 15) is 13.2 Å². The molecule has 8 nitrogen and oxygen atoms in total. The maximum atomic E-state index is 13.3. The molecule has 11 heteroatoms. The van der Waals surface area contributed by atoms with Crippen LogP contribution in [0.25, 0.3) is 16.9 Å². The van der Waals surface area contributed by atoms with Gasteiger partial charge < -0.3 is 4.74 Å². The van der Waals surface area contributed by atoms with Crippen LogP contribution in [0.3, 0.4) is 0 Å². The van der Waals surface area contributed by atoms with Crippen molar-refractivity contribution < 1.29 is 17.9 Å². The Kier molecular flexibility index (Phi) is 8.42. The Morgan fingerprint density at radius 2 is 1.55 bits per heavy atom. The molecule has 0 spiro atoms. The minimum absolute atomic E-state index is 0.0492. The van der Waals surface area contributed by atoms with Crippen molar-refractivity contribution in [3.05, 3.63) is 89.0 Å². The number of nitrogens with zero attached hydrogens (tertiary/aromatic N) is 3. The third-order valence-corrected chi connectivity index (χ3v) is 8.28. The lowest BCUT2D eigenvalue weighted by molar-refractivity contribution is -0.116. The second-order valence-electron chi connectivity index (χ2n) is 8.67. The number of carbonyl (C=O) groups is 1. The van der Waals surface area contributed by atoms with Crippen LogP contribution in [0.1, 0.15) is 13.8 Å². The minimum Gasteiger partial charge on any atom is -0.497 e. The van der Waals surface area contributed by atoms with Gasteiger partial charge >= 0.3 is 0 Å². The number of rotatable bonds is 9. The van der Waals surface area contributed by atoms with Crippen LogP contribution in [0, 0.1) is 0 Å². The number of sulfonamides is 1. The van der Waals surface area contributed by atoms with Crippen molar-refractivity contribution in [2.24, 2.45) is 0 Å². The third kappa shape index (κ3) is 6.19. The van der Waals surface area contributed by atoms with Gasteiger partial charge in [-0.15, -0.1) is 0 Å². The number of carbonyl (C=O) groups excluding carboxylic acids is 1. The zero-order valence-electron chi connectivity index (χ0n) is 20.9. The predicted molar refractivity (Wildman–Crippen MR) is 150 cm³/mol. The summed E-state index contributed by atoms with van der Waals surface area (Å²) in [6, 6.07) is 19.7. The van der Waals surface area contributed by atoms with Crippen molar-refractivity contribution in [2.75, 3.05) is 19.0 Å². The van der Waals surface area contributed by atoms with Gasteiger partial charge in [0.05, 0.1) is 24.2 Å². The van der Waals surface area contributed by atoms with Crippen LogP contribution in [0.5, 0.6) is 5.75 Å². The molecule has 0 saturated heterocycles. The lowest BCUT2D eigenvalue weighted by atomic mass is 10.2. The molecular formula is C27H26Cl2N4O4S. The van der Waals surface area contributed by atoms with Gasteiger partial charge in [0.25, 0.3) is 0 Å². The molecule has 4 aromatic rings. The lowest BCUT2D eigenvalue weighted by Gasteiger charge is -2.25. The number of hydrogen-bond donors (Lipinski definition) is 1. The molecule has 0 aliphatic carbocycles. The standard InChI is InChI=1S/C27H26Cl2N4O4S/c1-18(2)33(38(35,36)24-14-8-21(29)9-15-24)17-26(34)31-27-30-25(19-4-6-20(28)7-5-19)16-32(27)22-10-12-23(37-3)13-11-22/h4-16,18H,17H2,1-3H3,(H,30,31,34). The smallest absolute Gasteiger partial charge is 0.243 e. The van der Waals surface area contributed by atoms with E-state index in [2.05, 4.69) is 10.3 Å². The molecule has 0 bridgehead atoms. The monoisotopic (exact) mass is 572 g/mol. The fourth-order valence-corrected chi connectivity index (χ4v) is 5.61. The fourth-order valence-electron chi connectivity index (χ4n) is 3.76. The van der Waals surface area contributed by atoms with Gasteiger partial charge in [-0.3, -0.25) is 14.7 Å². The molecule has 198 valence electrons. The molecule has 1 amide bonds. The van der Waals surface area contributed by atoms with Crippen LogP contribution in [0.2, 0.25) is 10.0 Å². The lowest BCUT2D eigenvalue weighted by Crippen LogP contribution is -2.42. The van der Waals surface area contributed by atoms with Gasteiger partial charge in [0.2, 0.25) is 21.9 Å². The van der Waals surface area contributed by atoms with Crippen molar-refractivity contribution >= 4 is 45.1 Å². The highest BCUT2D eigenvalue weighted by Crippen LogP contribution is 2.27. The maximum Gasteiger partial charge on any atom is 0.243 e. The van der Waals surface area contributed by atoms with E-state index < -0.39 is 28.5 Å². The number of nitrogens with one attached hydrogen (secondary N) is 1. The average molecular weight is 574 g/mol. The van der Waals surface area contributed by atoms with E-state index >= 15 is 0 Å². The fraction of sp³-hybridized carbons (Fsp3) is 0.185. The Morgan fingerprint density at radius 3 is 2.11 bits per heavy atom. The predicted octanol–water partition coefficient (Wildman–Crippen LogP) is 5.89. The number of imidazole rings is 1. The highest BCUT2D eigenvalue weighted by Gasteiger charge is 2.29. The number of halogens is 2. The molecule has 1 N–H and O–H groups in total. The molecule has 0 unspecified atom stereocenters. The molecule has 0 radical (unpaired) electrons. The van der Waals surface area contributed by atoms with Crippen molar-refractivity contribution in [3.8, 4) is 22.7 Å². The molecule has 1 heterocycles. The van der Waals surface area contributed by atoms with E-state index in [4.69, 9.17) is 27.9 Å². The van der Waals surface area contributed by atoms with Crippen LogP contribution in [0.4, 0.5) is 5.95 Å². The molecule has 3 aromatic carbocycles. The van der Waals surface area contributed by atoms with E-state index in [-0.39, 0.29) is 10.8 Å². The molecule has 0 aliphatic rings. The molecular weight excluding hydrogens is 547 g/mol. The number of benzene rings is 3. The number of aromatic nitrogens is 2. The first-order chi connectivity index (χ1) is 18.1. The van der Waals surface area contributed by atoms with E-state index in [1.54, 1.807) is 56.0 Å². The van der Waals surface area contributed by atoms with E-state index in [1.807, 2.05) is 24.3 Å². The van der Waals surface area contributed by atoms with Crippen LogP contribution >= 0.6 is 23.2 Å². The first-order valence-electron chi connectivity index (χ1n) is 11.7. The molecule has 1 aromatic heterocycles. The Morgan fingerprint density at radius 1 is 0.974 bits per heavy atom. The zero-order valence-corrected chi connectivity index (χ0v) is 23.3. The number of hydrogen-bond acceptors (Lipinski definition) is 5. The molecule has 0 saturated carbocycles. The summed E-state index contributed by atoms with van der Waals surface area (Å²) in [6.45, 7) is 3.00.